The summed E-state index contributed by atoms with van der Waals surface area (Å²) in [7, 11) is 1.75. The fourth-order valence-corrected chi connectivity index (χ4v) is 3.04. The van der Waals surface area contributed by atoms with Gasteiger partial charge in [-0.1, -0.05) is 18.2 Å². The third kappa shape index (κ3) is 5.23. The molecule has 0 bridgehead atoms. The Morgan fingerprint density at radius 1 is 1.00 bits per heavy atom. The van der Waals surface area contributed by atoms with Crippen molar-refractivity contribution in [1.29, 1.82) is 0 Å². The zero-order valence-electron chi connectivity index (χ0n) is 17.2. The van der Waals surface area contributed by atoms with Gasteiger partial charge in [0.15, 0.2) is 0 Å². The van der Waals surface area contributed by atoms with Crippen LogP contribution in [0.5, 0.6) is 11.6 Å². The molecule has 0 aliphatic heterocycles. The monoisotopic (exact) mass is 429 g/mol. The van der Waals surface area contributed by atoms with Crippen LogP contribution in [-0.4, -0.2) is 27.9 Å². The average molecular weight is 429 g/mol. The van der Waals surface area contributed by atoms with Gasteiger partial charge in [-0.3, -0.25) is 4.79 Å². The van der Waals surface area contributed by atoms with Gasteiger partial charge in [0.2, 0.25) is 17.7 Å². The smallest absolute Gasteiger partial charge is 0.228 e. The molecule has 0 fully saturated rings. The molecular weight excluding hydrogens is 409 g/mol. The highest BCUT2D eigenvalue weighted by Gasteiger charge is 2.11. The summed E-state index contributed by atoms with van der Waals surface area (Å²) in [6.07, 6.45) is 3.46. The summed E-state index contributed by atoms with van der Waals surface area (Å²) in [5.41, 5.74) is 2.62. The van der Waals surface area contributed by atoms with Crippen molar-refractivity contribution in [1.82, 2.24) is 15.0 Å². The Morgan fingerprint density at radius 3 is 2.62 bits per heavy atom. The molecule has 2 aromatic heterocycles. The number of nitrogens with one attached hydrogen (secondary N) is 2. The minimum Gasteiger partial charge on any atom is -0.438 e. The van der Waals surface area contributed by atoms with Crippen LogP contribution in [-0.2, 0) is 11.2 Å². The first-order valence-corrected chi connectivity index (χ1v) is 9.89. The van der Waals surface area contributed by atoms with E-state index in [9.17, 15) is 9.18 Å². The number of hydrogen-bond donors (Lipinski definition) is 2. The quantitative estimate of drug-likeness (QED) is 0.443. The van der Waals surface area contributed by atoms with Crippen LogP contribution in [0.3, 0.4) is 0 Å². The van der Waals surface area contributed by atoms with E-state index in [0.29, 0.717) is 29.0 Å². The number of pyridine rings is 1. The van der Waals surface area contributed by atoms with Crippen molar-refractivity contribution >= 4 is 17.5 Å². The van der Waals surface area contributed by atoms with E-state index in [4.69, 9.17) is 4.74 Å². The van der Waals surface area contributed by atoms with Crippen LogP contribution in [0, 0.1) is 5.82 Å². The average Bonchev–Trinajstić information content (AvgIpc) is 2.81. The molecule has 4 rings (SSSR count). The molecule has 7 nitrogen and oxygen atoms in total. The van der Waals surface area contributed by atoms with Crippen LogP contribution in [0.2, 0.25) is 0 Å². The normalized spacial score (nSPS) is 10.4. The molecule has 160 valence electrons. The Labute approximate surface area is 184 Å². The largest absolute Gasteiger partial charge is 0.438 e. The number of halogens is 1. The third-order valence-electron chi connectivity index (χ3n) is 4.54. The van der Waals surface area contributed by atoms with Gasteiger partial charge in [-0.05, 0) is 54.1 Å². The second kappa shape index (κ2) is 9.65. The highest BCUT2D eigenvalue weighted by Crippen LogP contribution is 2.30. The molecule has 0 saturated heterocycles. The van der Waals surface area contributed by atoms with Gasteiger partial charge >= 0.3 is 0 Å². The summed E-state index contributed by atoms with van der Waals surface area (Å²) >= 11 is 0. The maximum Gasteiger partial charge on any atom is 0.228 e. The molecule has 0 atom stereocenters. The van der Waals surface area contributed by atoms with E-state index in [1.165, 1.54) is 12.1 Å². The standard InChI is InChI=1S/C24H20FN5O2/c1-26-24-28-13-11-21(30-24)20-6-3-12-27-23(20)32-19-9-7-16(8-10-19)14-22(31)29-18-5-2-4-17(25)15-18/h2-13,15H,14H2,1H3,(H,29,31)(H,26,28,30). The number of aromatic nitrogens is 3. The number of nitrogens with zero attached hydrogens (tertiary/aromatic N) is 3. The number of amides is 1. The van der Waals surface area contributed by atoms with E-state index < -0.39 is 5.82 Å². The maximum absolute atomic E-state index is 13.3. The van der Waals surface area contributed by atoms with Gasteiger partial charge in [0.1, 0.15) is 11.6 Å². The summed E-state index contributed by atoms with van der Waals surface area (Å²) in [6, 6.07) is 18.4. The van der Waals surface area contributed by atoms with Crippen LogP contribution >= 0.6 is 0 Å². The zero-order chi connectivity index (χ0) is 22.3. The van der Waals surface area contributed by atoms with Crippen LogP contribution in [0.25, 0.3) is 11.3 Å². The van der Waals surface area contributed by atoms with Gasteiger partial charge in [0.05, 0.1) is 17.7 Å². The first-order chi connectivity index (χ1) is 15.6. The molecule has 32 heavy (non-hydrogen) atoms. The molecule has 0 radical (unpaired) electrons. The number of ether oxygens (including phenoxy) is 1. The molecule has 8 heteroatoms. The van der Waals surface area contributed by atoms with Gasteiger partial charge < -0.3 is 15.4 Å². The van der Waals surface area contributed by atoms with Crippen molar-refractivity contribution in [2.24, 2.45) is 0 Å². The van der Waals surface area contributed by atoms with Gasteiger partial charge in [-0.2, -0.15) is 0 Å². The third-order valence-corrected chi connectivity index (χ3v) is 4.54. The molecule has 1 amide bonds. The predicted molar refractivity (Wildman–Crippen MR) is 120 cm³/mol. The second-order valence-electron chi connectivity index (χ2n) is 6.85. The molecular formula is C24H20FN5O2. The molecule has 4 aromatic rings. The second-order valence-corrected chi connectivity index (χ2v) is 6.85. The predicted octanol–water partition coefficient (Wildman–Crippen LogP) is 4.69. The lowest BCUT2D eigenvalue weighted by Crippen LogP contribution is -2.14. The zero-order valence-corrected chi connectivity index (χ0v) is 17.2. The molecule has 0 saturated carbocycles. The van der Waals surface area contributed by atoms with E-state index >= 15 is 0 Å². The molecule has 0 aliphatic rings. The van der Waals surface area contributed by atoms with Crippen molar-refractivity contribution < 1.29 is 13.9 Å². The lowest BCUT2D eigenvalue weighted by atomic mass is 10.1. The van der Waals surface area contributed by atoms with E-state index in [1.807, 2.05) is 12.1 Å². The lowest BCUT2D eigenvalue weighted by Gasteiger charge is -2.11. The fraction of sp³-hybridized carbons (Fsp3) is 0.0833. The Hall–Kier alpha value is -4.33. The van der Waals surface area contributed by atoms with Crippen molar-refractivity contribution in [3.63, 3.8) is 0 Å². The number of carbonyl (C=O) groups excluding carboxylic acids is 1. The van der Waals surface area contributed by atoms with E-state index in [1.54, 1.807) is 61.9 Å². The summed E-state index contributed by atoms with van der Waals surface area (Å²) < 4.78 is 19.2. The van der Waals surface area contributed by atoms with Crippen molar-refractivity contribution in [3.05, 3.63) is 90.5 Å². The molecule has 0 spiro atoms. The first kappa shape index (κ1) is 20.9. The molecule has 0 aliphatic carbocycles. The van der Waals surface area contributed by atoms with Crippen LogP contribution in [0.1, 0.15) is 5.56 Å². The summed E-state index contributed by atoms with van der Waals surface area (Å²) in [6.45, 7) is 0. The van der Waals surface area contributed by atoms with Crippen LogP contribution in [0.4, 0.5) is 16.0 Å². The van der Waals surface area contributed by atoms with Gasteiger partial charge in [0.25, 0.3) is 0 Å². The van der Waals surface area contributed by atoms with Crippen LogP contribution in [0.15, 0.2) is 79.1 Å². The topological polar surface area (TPSA) is 89.0 Å². The Morgan fingerprint density at radius 2 is 1.84 bits per heavy atom. The maximum atomic E-state index is 13.3. The van der Waals surface area contributed by atoms with Crippen molar-refractivity contribution in [3.8, 4) is 22.9 Å². The lowest BCUT2D eigenvalue weighted by molar-refractivity contribution is -0.115. The van der Waals surface area contributed by atoms with E-state index in [2.05, 4.69) is 25.6 Å². The molecule has 2 aromatic carbocycles. The molecule has 2 heterocycles. The van der Waals surface area contributed by atoms with Gasteiger partial charge in [-0.15, -0.1) is 0 Å². The highest BCUT2D eigenvalue weighted by atomic mass is 19.1. The van der Waals surface area contributed by atoms with Crippen LogP contribution < -0.4 is 15.4 Å². The van der Waals surface area contributed by atoms with Gasteiger partial charge in [0, 0.05) is 25.1 Å². The summed E-state index contributed by atoms with van der Waals surface area (Å²) in [4.78, 5) is 25.1. The fourth-order valence-electron chi connectivity index (χ4n) is 3.04. The van der Waals surface area contributed by atoms with E-state index in [-0.39, 0.29) is 12.3 Å². The summed E-state index contributed by atoms with van der Waals surface area (Å²) in [5.74, 6) is 0.841. The first-order valence-electron chi connectivity index (χ1n) is 9.89. The Kier molecular flexibility index (Phi) is 6.31. The molecule has 2 N–H and O–H groups in total. The van der Waals surface area contributed by atoms with Crippen molar-refractivity contribution in [2.75, 3.05) is 17.7 Å². The number of hydrogen-bond acceptors (Lipinski definition) is 6. The Balaban J connectivity index is 1.45. The van der Waals surface area contributed by atoms with Crippen molar-refractivity contribution in [2.45, 2.75) is 6.42 Å². The number of benzene rings is 2. The number of carbonyl (C=O) groups is 1. The highest BCUT2D eigenvalue weighted by molar-refractivity contribution is 5.92. The Bertz CT molecular complexity index is 1230. The SMILES string of the molecule is CNc1nccc(-c2cccnc2Oc2ccc(CC(=O)Nc3cccc(F)c3)cc2)n1. The van der Waals surface area contributed by atoms with E-state index in [0.717, 1.165) is 11.1 Å². The number of anilines is 2. The van der Waals surface area contributed by atoms with Gasteiger partial charge in [-0.25, -0.2) is 19.3 Å². The minimum atomic E-state index is -0.401. The number of rotatable bonds is 7. The summed E-state index contributed by atoms with van der Waals surface area (Å²) in [5, 5.41) is 5.59. The molecule has 0 unspecified atom stereocenters. The minimum absolute atomic E-state index is 0.152.